The van der Waals surface area contributed by atoms with Crippen molar-refractivity contribution in [3.05, 3.63) is 162 Å². The monoisotopic (exact) mass is 606 g/mol. The molecule has 0 amide bonds. The zero-order chi connectivity index (χ0) is 31.9. The van der Waals surface area contributed by atoms with Crippen LogP contribution in [0.1, 0.15) is 35.1 Å². The van der Waals surface area contributed by atoms with Crippen molar-refractivity contribution in [3.8, 4) is 22.9 Å². The van der Waals surface area contributed by atoms with E-state index >= 15 is 0 Å². The second-order valence-corrected chi connectivity index (χ2v) is 11.9. The summed E-state index contributed by atoms with van der Waals surface area (Å²) in [6, 6.07) is 38.7. The lowest BCUT2D eigenvalue weighted by atomic mass is 9.97. The molecular formula is C42H30N4O. The van der Waals surface area contributed by atoms with Crippen LogP contribution in [0.2, 0.25) is 0 Å². The maximum atomic E-state index is 9.28. The molecule has 0 saturated heterocycles. The molecule has 5 aromatic carbocycles. The van der Waals surface area contributed by atoms with Gasteiger partial charge in [-0.2, -0.15) is 5.26 Å². The first-order valence-corrected chi connectivity index (χ1v) is 15.7. The molecular weight excluding hydrogens is 576 g/mol. The third-order valence-corrected chi connectivity index (χ3v) is 8.93. The zero-order valence-corrected chi connectivity index (χ0v) is 25.6. The minimum absolute atomic E-state index is 0.362. The molecule has 0 radical (unpaired) electrons. The Balaban J connectivity index is 1.05. The molecule has 3 N–H and O–H groups in total. The largest absolute Gasteiger partial charge is 0.456 e. The first-order valence-electron chi connectivity index (χ1n) is 15.7. The lowest BCUT2D eigenvalue weighted by Crippen LogP contribution is -2.02. The van der Waals surface area contributed by atoms with Gasteiger partial charge in [0.2, 0.25) is 0 Å². The minimum atomic E-state index is 0.362. The van der Waals surface area contributed by atoms with E-state index in [4.69, 9.17) is 15.6 Å². The second kappa shape index (κ2) is 11.5. The van der Waals surface area contributed by atoms with Gasteiger partial charge in [0.1, 0.15) is 11.2 Å². The van der Waals surface area contributed by atoms with Crippen molar-refractivity contribution in [1.82, 2.24) is 4.57 Å². The van der Waals surface area contributed by atoms with Crippen LogP contribution in [-0.2, 0) is 0 Å². The lowest BCUT2D eigenvalue weighted by Gasteiger charge is -2.09. The lowest BCUT2D eigenvalue weighted by molar-refractivity contribution is 0.669. The van der Waals surface area contributed by atoms with Gasteiger partial charge in [-0.3, -0.25) is 0 Å². The van der Waals surface area contributed by atoms with Crippen molar-refractivity contribution in [2.24, 2.45) is 5.73 Å². The number of benzene rings is 5. The van der Waals surface area contributed by atoms with Gasteiger partial charge in [0.15, 0.2) is 0 Å². The predicted octanol–water partition coefficient (Wildman–Crippen LogP) is 10.2. The molecule has 224 valence electrons. The number of hydrogen-bond acceptors (Lipinski definition) is 4. The van der Waals surface area contributed by atoms with Crippen molar-refractivity contribution in [3.63, 3.8) is 0 Å². The summed E-state index contributed by atoms with van der Waals surface area (Å²) in [5.41, 5.74) is 18.0. The molecule has 5 heteroatoms. The molecule has 0 aliphatic heterocycles. The van der Waals surface area contributed by atoms with E-state index in [9.17, 15) is 5.26 Å². The predicted molar refractivity (Wildman–Crippen MR) is 192 cm³/mol. The van der Waals surface area contributed by atoms with Crippen LogP contribution in [0.15, 0.2) is 144 Å². The molecule has 5 nitrogen and oxygen atoms in total. The van der Waals surface area contributed by atoms with Crippen molar-refractivity contribution >= 4 is 49.8 Å². The van der Waals surface area contributed by atoms with Crippen LogP contribution in [0.3, 0.4) is 0 Å². The van der Waals surface area contributed by atoms with Gasteiger partial charge in [0, 0.05) is 33.7 Å². The zero-order valence-electron chi connectivity index (χ0n) is 25.6. The summed E-state index contributed by atoms with van der Waals surface area (Å²) >= 11 is 0. The fourth-order valence-electron chi connectivity index (χ4n) is 6.38. The van der Waals surface area contributed by atoms with E-state index in [-0.39, 0.29) is 0 Å². The molecule has 0 bridgehead atoms. The number of furan rings is 1. The number of nitrogens with one attached hydrogen (secondary N) is 1. The topological polar surface area (TPSA) is 91.7 Å². The first-order chi connectivity index (χ1) is 23.0. The molecule has 0 spiro atoms. The Labute approximate surface area is 272 Å². The van der Waals surface area contributed by atoms with Gasteiger partial charge < -0.3 is 20.1 Å². The molecule has 2 aromatic heterocycles. The third-order valence-electron chi connectivity index (χ3n) is 8.93. The molecule has 1 aliphatic carbocycles. The normalized spacial score (nSPS) is 13.3. The average Bonchev–Trinajstić information content (AvgIpc) is 3.72. The average molecular weight is 607 g/mol. The summed E-state index contributed by atoms with van der Waals surface area (Å²) in [5.74, 6) is 0. The second-order valence-electron chi connectivity index (χ2n) is 11.9. The highest BCUT2D eigenvalue weighted by Gasteiger charge is 2.12. The van der Waals surface area contributed by atoms with Gasteiger partial charge in [-0.1, -0.05) is 72.8 Å². The number of allylic oxidation sites excluding steroid dienone is 5. The van der Waals surface area contributed by atoms with Crippen LogP contribution >= 0.6 is 0 Å². The molecule has 1 aliphatic rings. The Hall–Kier alpha value is -6.38. The molecule has 2 heterocycles. The van der Waals surface area contributed by atoms with E-state index in [0.29, 0.717) is 17.0 Å². The Bertz CT molecular complexity index is 2480. The van der Waals surface area contributed by atoms with Gasteiger partial charge in [-0.15, -0.1) is 0 Å². The summed E-state index contributed by atoms with van der Waals surface area (Å²) in [6.45, 7) is 0. The standard InChI is InChI=1S/C42H30N4O/c43-26-27-6-17-40-34(22-27)20-21-46(40)35-16-19-42-37(24-35)36-23-33(15-18-41(36)47-42)30-9-13-32(14-10-30)39(45)25-38(44)31-11-7-29(8-12-31)28-4-2-1-3-5-28/h2,4-25,45H,1,3,44H2/b38-25-,45-39?. The van der Waals surface area contributed by atoms with E-state index < -0.39 is 0 Å². The van der Waals surface area contributed by atoms with E-state index in [1.807, 2.05) is 79.0 Å². The minimum Gasteiger partial charge on any atom is -0.456 e. The van der Waals surface area contributed by atoms with Crippen LogP contribution in [0, 0.1) is 16.7 Å². The number of aromatic nitrogens is 1. The highest BCUT2D eigenvalue weighted by Crippen LogP contribution is 2.34. The van der Waals surface area contributed by atoms with Gasteiger partial charge in [0.05, 0.1) is 22.9 Å². The van der Waals surface area contributed by atoms with Crippen molar-refractivity contribution in [2.45, 2.75) is 12.8 Å². The van der Waals surface area contributed by atoms with Gasteiger partial charge in [-0.05, 0) is 107 Å². The number of hydrogen-bond donors (Lipinski definition) is 2. The number of nitrogens with zero attached hydrogens (tertiary/aromatic N) is 2. The van der Waals surface area contributed by atoms with E-state index in [0.717, 1.165) is 73.6 Å². The molecule has 0 fully saturated rings. The van der Waals surface area contributed by atoms with Gasteiger partial charge in [0.25, 0.3) is 0 Å². The van der Waals surface area contributed by atoms with Crippen LogP contribution in [0.25, 0.3) is 60.9 Å². The molecule has 0 saturated carbocycles. The molecule has 0 atom stereocenters. The van der Waals surface area contributed by atoms with E-state index in [1.165, 1.54) is 11.1 Å². The summed E-state index contributed by atoms with van der Waals surface area (Å²) in [6.07, 6.45) is 12.6. The third kappa shape index (κ3) is 5.22. The Morgan fingerprint density at radius 1 is 0.766 bits per heavy atom. The number of fused-ring (bicyclic) bond motifs is 4. The summed E-state index contributed by atoms with van der Waals surface area (Å²) < 4.78 is 8.33. The van der Waals surface area contributed by atoms with E-state index in [1.54, 1.807) is 6.08 Å². The maximum Gasteiger partial charge on any atom is 0.135 e. The van der Waals surface area contributed by atoms with Crippen molar-refractivity contribution in [2.75, 3.05) is 0 Å². The van der Waals surface area contributed by atoms with E-state index in [2.05, 4.69) is 65.3 Å². The number of nitriles is 1. The van der Waals surface area contributed by atoms with Crippen LogP contribution in [0.5, 0.6) is 0 Å². The molecule has 0 unspecified atom stereocenters. The van der Waals surface area contributed by atoms with Crippen molar-refractivity contribution in [1.29, 1.82) is 10.7 Å². The maximum absolute atomic E-state index is 9.28. The highest BCUT2D eigenvalue weighted by atomic mass is 16.3. The first kappa shape index (κ1) is 28.1. The summed E-state index contributed by atoms with van der Waals surface area (Å²) in [4.78, 5) is 0. The molecule has 7 aromatic rings. The number of rotatable bonds is 6. The highest BCUT2D eigenvalue weighted by molar-refractivity contribution is 6.10. The fourth-order valence-corrected chi connectivity index (χ4v) is 6.38. The van der Waals surface area contributed by atoms with Gasteiger partial charge in [-0.25, -0.2) is 0 Å². The van der Waals surface area contributed by atoms with Crippen molar-refractivity contribution < 1.29 is 4.42 Å². The fraction of sp³-hybridized carbons (Fsp3) is 0.0476. The quantitative estimate of drug-likeness (QED) is 0.185. The Morgan fingerprint density at radius 3 is 2.26 bits per heavy atom. The number of nitrogens with two attached hydrogens (primary N) is 1. The van der Waals surface area contributed by atoms with Crippen LogP contribution < -0.4 is 5.73 Å². The smallest absolute Gasteiger partial charge is 0.135 e. The molecule has 47 heavy (non-hydrogen) atoms. The Morgan fingerprint density at radius 2 is 1.49 bits per heavy atom. The summed E-state index contributed by atoms with van der Waals surface area (Å²) in [5, 5.41) is 21.1. The van der Waals surface area contributed by atoms with Gasteiger partial charge >= 0.3 is 0 Å². The Kier molecular flexibility index (Phi) is 6.89. The SMILES string of the molecule is N#Cc1ccc2c(ccn2-c2ccc3oc4ccc(-c5ccc(C(=N)/C=C(\N)c6ccc(C7=CCCC=C7)cc6)cc5)cc4c3c2)c1. The van der Waals surface area contributed by atoms with Crippen LogP contribution in [0.4, 0.5) is 0 Å². The molecule has 8 rings (SSSR count). The van der Waals surface area contributed by atoms with Crippen LogP contribution in [-0.4, -0.2) is 10.3 Å². The summed E-state index contributed by atoms with van der Waals surface area (Å²) in [7, 11) is 0.